The molecule has 0 aliphatic rings. The number of carbonyl (C=O) groups is 2. The lowest BCUT2D eigenvalue weighted by molar-refractivity contribution is -0.120. The average Bonchev–Trinajstić information content (AvgIpc) is 2.66. The van der Waals surface area contributed by atoms with Gasteiger partial charge in [0.15, 0.2) is 0 Å². The van der Waals surface area contributed by atoms with Gasteiger partial charge in [0.2, 0.25) is 5.91 Å². The standard InChI is InChI=1S/C21H20ClN3O4/c1-25(2)16-5-3-4-12(6-16)7-18(26)23-11-14-9-15(22)8-13-10-17(21(28)29)20(27)24-19(13)14/h3-6,8-10H,7,11H2,1-2H3,(H,23,26)(H,24,27)(H,28,29). The van der Waals surface area contributed by atoms with Crippen molar-refractivity contribution in [1.29, 1.82) is 0 Å². The zero-order valence-corrected chi connectivity index (χ0v) is 16.7. The minimum atomic E-state index is -1.32. The lowest BCUT2D eigenvalue weighted by Gasteiger charge is -2.14. The third-order valence-corrected chi connectivity index (χ3v) is 4.71. The number of carboxylic acid groups (broad SMARTS) is 1. The number of halogens is 1. The van der Waals surface area contributed by atoms with E-state index in [2.05, 4.69) is 10.3 Å². The molecule has 29 heavy (non-hydrogen) atoms. The van der Waals surface area contributed by atoms with Crippen LogP contribution in [0.4, 0.5) is 5.69 Å². The van der Waals surface area contributed by atoms with Gasteiger partial charge in [-0.05, 0) is 41.5 Å². The molecule has 0 saturated heterocycles. The molecule has 1 amide bonds. The molecule has 7 nitrogen and oxygen atoms in total. The first kappa shape index (κ1) is 20.4. The van der Waals surface area contributed by atoms with E-state index in [4.69, 9.17) is 16.7 Å². The molecule has 3 N–H and O–H groups in total. The van der Waals surface area contributed by atoms with E-state index in [1.807, 2.05) is 43.3 Å². The Hall–Kier alpha value is -3.32. The van der Waals surface area contributed by atoms with Gasteiger partial charge in [0.1, 0.15) is 5.56 Å². The van der Waals surface area contributed by atoms with Gasteiger partial charge in [-0.25, -0.2) is 4.79 Å². The number of fused-ring (bicyclic) bond motifs is 1. The number of carbonyl (C=O) groups excluding carboxylic acids is 1. The predicted octanol–water partition coefficient (Wildman–Crippen LogP) is 2.80. The van der Waals surface area contributed by atoms with Crippen LogP contribution in [-0.2, 0) is 17.8 Å². The van der Waals surface area contributed by atoms with E-state index in [1.165, 1.54) is 6.07 Å². The molecule has 0 fully saturated rings. The highest BCUT2D eigenvalue weighted by Crippen LogP contribution is 2.22. The maximum absolute atomic E-state index is 12.4. The van der Waals surface area contributed by atoms with E-state index in [0.717, 1.165) is 11.3 Å². The number of carboxylic acids is 1. The van der Waals surface area contributed by atoms with Crippen molar-refractivity contribution in [2.45, 2.75) is 13.0 Å². The highest BCUT2D eigenvalue weighted by atomic mass is 35.5. The monoisotopic (exact) mass is 413 g/mol. The van der Waals surface area contributed by atoms with Gasteiger partial charge >= 0.3 is 5.97 Å². The molecule has 1 heterocycles. The number of nitrogens with one attached hydrogen (secondary N) is 2. The number of nitrogens with zero attached hydrogens (tertiary/aromatic N) is 1. The van der Waals surface area contributed by atoms with Crippen LogP contribution in [0.3, 0.4) is 0 Å². The van der Waals surface area contributed by atoms with Gasteiger partial charge in [-0.15, -0.1) is 0 Å². The van der Waals surface area contributed by atoms with Crippen LogP contribution in [0.15, 0.2) is 47.3 Å². The van der Waals surface area contributed by atoms with Crippen LogP contribution in [0, 0.1) is 0 Å². The molecule has 2 aromatic carbocycles. The van der Waals surface area contributed by atoms with Crippen molar-refractivity contribution in [2.24, 2.45) is 0 Å². The van der Waals surface area contributed by atoms with E-state index in [9.17, 15) is 14.4 Å². The molecule has 0 aliphatic carbocycles. The van der Waals surface area contributed by atoms with Gasteiger partial charge in [0, 0.05) is 36.7 Å². The first-order valence-corrected chi connectivity index (χ1v) is 9.24. The van der Waals surface area contributed by atoms with Gasteiger partial charge in [-0.3, -0.25) is 9.59 Å². The van der Waals surface area contributed by atoms with Gasteiger partial charge in [-0.1, -0.05) is 23.7 Å². The normalized spacial score (nSPS) is 10.7. The lowest BCUT2D eigenvalue weighted by atomic mass is 10.1. The van der Waals surface area contributed by atoms with Crippen LogP contribution < -0.4 is 15.8 Å². The van der Waals surface area contributed by atoms with E-state index >= 15 is 0 Å². The minimum Gasteiger partial charge on any atom is -0.477 e. The fraction of sp³-hybridized carbons (Fsp3) is 0.190. The van der Waals surface area contributed by atoms with Crippen molar-refractivity contribution in [3.05, 3.63) is 74.5 Å². The maximum Gasteiger partial charge on any atom is 0.341 e. The van der Waals surface area contributed by atoms with Crippen molar-refractivity contribution < 1.29 is 14.7 Å². The Kier molecular flexibility index (Phi) is 5.89. The first-order chi connectivity index (χ1) is 13.7. The summed E-state index contributed by atoms with van der Waals surface area (Å²) in [5, 5.41) is 12.8. The number of pyridine rings is 1. The summed E-state index contributed by atoms with van der Waals surface area (Å²) in [4.78, 5) is 40.1. The number of amides is 1. The number of anilines is 1. The fourth-order valence-electron chi connectivity index (χ4n) is 3.04. The number of aromatic amines is 1. The van der Waals surface area contributed by atoms with Crippen LogP contribution in [0.5, 0.6) is 0 Å². The number of benzene rings is 2. The Morgan fingerprint density at radius 3 is 2.62 bits per heavy atom. The quantitative estimate of drug-likeness (QED) is 0.576. The minimum absolute atomic E-state index is 0.144. The van der Waals surface area contributed by atoms with Crippen molar-refractivity contribution >= 4 is 40.1 Å². The van der Waals surface area contributed by atoms with Crippen LogP contribution >= 0.6 is 11.6 Å². The molecule has 3 aromatic rings. The molecule has 8 heteroatoms. The lowest BCUT2D eigenvalue weighted by Crippen LogP contribution is -2.25. The summed E-state index contributed by atoms with van der Waals surface area (Å²) in [6.45, 7) is 0.144. The summed E-state index contributed by atoms with van der Waals surface area (Å²) in [7, 11) is 3.86. The van der Waals surface area contributed by atoms with Gasteiger partial charge in [-0.2, -0.15) is 0 Å². The SMILES string of the molecule is CN(C)c1cccc(CC(=O)NCc2cc(Cl)cc3cc(C(=O)O)c(=O)[nH]c23)c1. The summed E-state index contributed by atoms with van der Waals surface area (Å²) in [6, 6.07) is 12.2. The Morgan fingerprint density at radius 1 is 1.17 bits per heavy atom. The summed E-state index contributed by atoms with van der Waals surface area (Å²) >= 11 is 6.13. The molecule has 0 radical (unpaired) electrons. The van der Waals surface area contributed by atoms with Gasteiger partial charge in [0.25, 0.3) is 5.56 Å². The summed E-state index contributed by atoms with van der Waals surface area (Å²) < 4.78 is 0. The van der Waals surface area contributed by atoms with Gasteiger partial charge < -0.3 is 20.3 Å². The zero-order valence-electron chi connectivity index (χ0n) is 16.0. The maximum atomic E-state index is 12.4. The molecule has 0 bridgehead atoms. The van der Waals surface area contributed by atoms with Crippen molar-refractivity contribution in [1.82, 2.24) is 10.3 Å². The summed E-state index contributed by atoms with van der Waals surface area (Å²) in [5.74, 6) is -1.50. The number of rotatable bonds is 6. The third-order valence-electron chi connectivity index (χ3n) is 4.50. The molecule has 1 aromatic heterocycles. The van der Waals surface area contributed by atoms with Gasteiger partial charge in [0.05, 0.1) is 11.9 Å². The molecule has 0 saturated carbocycles. The van der Waals surface area contributed by atoms with Crippen LogP contribution in [-0.4, -0.2) is 36.1 Å². The smallest absolute Gasteiger partial charge is 0.341 e. The summed E-state index contributed by atoms with van der Waals surface area (Å²) in [5.41, 5.74) is 1.85. The van der Waals surface area contributed by atoms with Crippen molar-refractivity contribution in [2.75, 3.05) is 19.0 Å². The van der Waals surface area contributed by atoms with Crippen LogP contribution in [0.1, 0.15) is 21.5 Å². The first-order valence-electron chi connectivity index (χ1n) is 8.86. The zero-order chi connectivity index (χ0) is 21.1. The molecular formula is C21H20ClN3O4. The average molecular weight is 414 g/mol. The molecule has 0 spiro atoms. The van der Waals surface area contributed by atoms with E-state index < -0.39 is 11.5 Å². The Morgan fingerprint density at radius 2 is 1.93 bits per heavy atom. The molecule has 150 valence electrons. The second kappa shape index (κ2) is 8.36. The number of hydrogen-bond acceptors (Lipinski definition) is 4. The second-order valence-electron chi connectivity index (χ2n) is 6.86. The molecule has 0 unspecified atom stereocenters. The van der Waals surface area contributed by atoms with Crippen molar-refractivity contribution in [3.8, 4) is 0 Å². The third kappa shape index (κ3) is 4.75. The Bertz CT molecular complexity index is 1150. The van der Waals surface area contributed by atoms with Crippen molar-refractivity contribution in [3.63, 3.8) is 0 Å². The van der Waals surface area contributed by atoms with E-state index in [0.29, 0.717) is 21.5 Å². The Labute approximate surface area is 171 Å². The molecule has 0 atom stereocenters. The largest absolute Gasteiger partial charge is 0.477 e. The second-order valence-corrected chi connectivity index (χ2v) is 7.30. The number of aromatic carboxylic acids is 1. The fourth-order valence-corrected chi connectivity index (χ4v) is 3.29. The van der Waals surface area contributed by atoms with E-state index in [1.54, 1.807) is 12.1 Å². The van der Waals surface area contributed by atoms with E-state index in [-0.39, 0.29) is 24.4 Å². The molecular weight excluding hydrogens is 394 g/mol. The van der Waals surface area contributed by atoms with Crippen LogP contribution in [0.25, 0.3) is 10.9 Å². The predicted molar refractivity (Wildman–Crippen MR) is 113 cm³/mol. The topological polar surface area (TPSA) is 102 Å². The number of hydrogen-bond donors (Lipinski definition) is 3. The number of H-pyrrole nitrogens is 1. The number of aromatic nitrogens is 1. The summed E-state index contributed by atoms with van der Waals surface area (Å²) in [6.07, 6.45) is 0.208. The van der Waals surface area contributed by atoms with Crippen LogP contribution in [0.2, 0.25) is 5.02 Å². The Balaban J connectivity index is 1.80. The molecule has 3 rings (SSSR count). The highest BCUT2D eigenvalue weighted by molar-refractivity contribution is 6.31. The molecule has 0 aliphatic heterocycles. The highest BCUT2D eigenvalue weighted by Gasteiger charge is 2.13.